The number of fused-ring (bicyclic) bond motifs is 1. The first-order valence-electron chi connectivity index (χ1n) is 7.48. The van der Waals surface area contributed by atoms with Crippen LogP contribution in [0.4, 0.5) is 11.4 Å². The third-order valence-electron chi connectivity index (χ3n) is 3.98. The van der Waals surface area contributed by atoms with Crippen LogP contribution in [0.15, 0.2) is 36.5 Å². The van der Waals surface area contributed by atoms with Crippen molar-refractivity contribution in [1.29, 1.82) is 0 Å². The van der Waals surface area contributed by atoms with E-state index in [0.29, 0.717) is 17.8 Å². The van der Waals surface area contributed by atoms with Gasteiger partial charge in [-0.1, -0.05) is 0 Å². The molecule has 0 unspecified atom stereocenters. The molecule has 0 bridgehead atoms. The maximum atomic E-state index is 12.3. The molecule has 0 saturated heterocycles. The summed E-state index contributed by atoms with van der Waals surface area (Å²) in [5.74, 6) is -0.138. The molecule has 0 aliphatic carbocycles. The van der Waals surface area contributed by atoms with Crippen molar-refractivity contribution in [3.63, 3.8) is 0 Å². The molecule has 2 aromatic rings. The number of aromatic nitrogens is 1. The number of anilines is 2. The summed E-state index contributed by atoms with van der Waals surface area (Å²) in [5.41, 5.74) is 10.2. The number of rotatable bonds is 3. The van der Waals surface area contributed by atoms with Crippen LogP contribution in [0.5, 0.6) is 0 Å². The van der Waals surface area contributed by atoms with Gasteiger partial charge < -0.3 is 16.0 Å². The molecule has 0 spiro atoms. The maximum absolute atomic E-state index is 12.3. The minimum atomic E-state index is -0.138. The van der Waals surface area contributed by atoms with Gasteiger partial charge >= 0.3 is 0 Å². The number of carbonyl (C=O) groups is 1. The number of aryl methyl sites for hydroxylation is 1. The first kappa shape index (κ1) is 14.5. The van der Waals surface area contributed by atoms with Gasteiger partial charge in [-0.25, -0.2) is 0 Å². The topological polar surface area (TPSA) is 71.2 Å². The number of nitrogens with two attached hydrogens (primary N) is 1. The van der Waals surface area contributed by atoms with Gasteiger partial charge in [0.05, 0.1) is 5.69 Å². The van der Waals surface area contributed by atoms with Crippen molar-refractivity contribution < 1.29 is 4.79 Å². The lowest BCUT2D eigenvalue weighted by Gasteiger charge is -2.27. The van der Waals surface area contributed by atoms with Crippen LogP contribution in [0.25, 0.3) is 0 Å². The zero-order valence-corrected chi connectivity index (χ0v) is 12.7. The van der Waals surface area contributed by atoms with Crippen molar-refractivity contribution in [3.05, 3.63) is 53.3 Å². The molecule has 3 N–H and O–H groups in total. The number of nitrogens with one attached hydrogen (secondary N) is 1. The predicted octanol–water partition coefficient (Wildman–Crippen LogP) is 2.17. The van der Waals surface area contributed by atoms with E-state index in [2.05, 4.69) is 34.4 Å². The molecule has 1 aromatic heterocycles. The molecular weight excluding hydrogens is 276 g/mol. The van der Waals surface area contributed by atoms with Gasteiger partial charge in [-0.05, 0) is 48.7 Å². The minimum Gasteiger partial charge on any atom is -0.374 e. The van der Waals surface area contributed by atoms with E-state index in [1.165, 1.54) is 11.3 Å². The molecule has 1 aromatic carbocycles. The summed E-state index contributed by atoms with van der Waals surface area (Å²) in [6.45, 7) is 1.41. The highest BCUT2D eigenvalue weighted by molar-refractivity contribution is 6.04. The SMILES string of the molecule is CN1CCCc2cc(NC(=O)c3ccnc(CN)c3)ccc21. The fourth-order valence-electron chi connectivity index (χ4n) is 2.80. The molecule has 5 nitrogen and oxygen atoms in total. The zero-order chi connectivity index (χ0) is 15.5. The number of amides is 1. The Morgan fingerprint density at radius 3 is 3.05 bits per heavy atom. The molecule has 1 aliphatic rings. The monoisotopic (exact) mass is 296 g/mol. The average molecular weight is 296 g/mol. The molecule has 1 amide bonds. The summed E-state index contributed by atoms with van der Waals surface area (Å²) in [6, 6.07) is 9.50. The fourth-order valence-corrected chi connectivity index (χ4v) is 2.80. The number of nitrogens with zero attached hydrogens (tertiary/aromatic N) is 2. The van der Waals surface area contributed by atoms with E-state index in [1.54, 1.807) is 18.3 Å². The summed E-state index contributed by atoms with van der Waals surface area (Å²) in [5, 5.41) is 2.95. The van der Waals surface area contributed by atoms with Crippen molar-refractivity contribution in [3.8, 4) is 0 Å². The fraction of sp³-hybridized carbons (Fsp3) is 0.294. The second-order valence-corrected chi connectivity index (χ2v) is 5.56. The normalized spacial score (nSPS) is 13.6. The van der Waals surface area contributed by atoms with Gasteiger partial charge in [0.25, 0.3) is 5.91 Å². The summed E-state index contributed by atoms with van der Waals surface area (Å²) >= 11 is 0. The van der Waals surface area contributed by atoms with E-state index in [-0.39, 0.29) is 5.91 Å². The summed E-state index contributed by atoms with van der Waals surface area (Å²) < 4.78 is 0. The smallest absolute Gasteiger partial charge is 0.255 e. The molecule has 0 radical (unpaired) electrons. The highest BCUT2D eigenvalue weighted by Crippen LogP contribution is 2.28. The largest absolute Gasteiger partial charge is 0.374 e. The van der Waals surface area contributed by atoms with Crippen LogP contribution in [-0.2, 0) is 13.0 Å². The third kappa shape index (κ3) is 2.94. The van der Waals surface area contributed by atoms with Gasteiger partial charge in [0.1, 0.15) is 0 Å². The van der Waals surface area contributed by atoms with Crippen molar-refractivity contribution >= 4 is 17.3 Å². The zero-order valence-electron chi connectivity index (χ0n) is 12.7. The Morgan fingerprint density at radius 2 is 2.23 bits per heavy atom. The molecule has 1 aliphatic heterocycles. The van der Waals surface area contributed by atoms with E-state index in [0.717, 1.165) is 25.1 Å². The van der Waals surface area contributed by atoms with E-state index in [9.17, 15) is 4.79 Å². The molecule has 114 valence electrons. The number of benzene rings is 1. The van der Waals surface area contributed by atoms with Crippen LogP contribution in [0.3, 0.4) is 0 Å². The molecule has 2 heterocycles. The van der Waals surface area contributed by atoms with Gasteiger partial charge in [-0.3, -0.25) is 9.78 Å². The first-order valence-corrected chi connectivity index (χ1v) is 7.48. The van der Waals surface area contributed by atoms with E-state index < -0.39 is 0 Å². The summed E-state index contributed by atoms with van der Waals surface area (Å²) in [4.78, 5) is 18.7. The van der Waals surface area contributed by atoms with Gasteiger partial charge in [-0.2, -0.15) is 0 Å². The second kappa shape index (κ2) is 6.15. The number of pyridine rings is 1. The Hall–Kier alpha value is -2.40. The molecule has 22 heavy (non-hydrogen) atoms. The Bertz CT molecular complexity index is 699. The highest BCUT2D eigenvalue weighted by atomic mass is 16.1. The third-order valence-corrected chi connectivity index (χ3v) is 3.98. The van der Waals surface area contributed by atoms with Crippen LogP contribution in [-0.4, -0.2) is 24.5 Å². The first-order chi connectivity index (χ1) is 10.7. The quantitative estimate of drug-likeness (QED) is 0.910. The number of hydrogen-bond acceptors (Lipinski definition) is 4. The van der Waals surface area contributed by atoms with Gasteiger partial charge in [0.15, 0.2) is 0 Å². The lowest BCUT2D eigenvalue weighted by molar-refractivity contribution is 0.102. The Kier molecular flexibility index (Phi) is 4.06. The van der Waals surface area contributed by atoms with E-state index in [4.69, 9.17) is 5.73 Å². The summed E-state index contributed by atoms with van der Waals surface area (Å²) in [7, 11) is 2.10. The van der Waals surface area contributed by atoms with Gasteiger partial charge in [0, 0.05) is 43.3 Å². The molecule has 5 heteroatoms. The lowest BCUT2D eigenvalue weighted by atomic mass is 10.0. The molecular formula is C17H20N4O. The molecule has 0 fully saturated rings. The predicted molar refractivity (Wildman–Crippen MR) is 88.1 cm³/mol. The van der Waals surface area contributed by atoms with Crippen LogP contribution in [0, 0.1) is 0 Å². The van der Waals surface area contributed by atoms with Crippen molar-refractivity contribution in [2.24, 2.45) is 5.73 Å². The Balaban J connectivity index is 1.79. The van der Waals surface area contributed by atoms with Crippen LogP contribution in [0.2, 0.25) is 0 Å². The summed E-state index contributed by atoms with van der Waals surface area (Å²) in [6.07, 6.45) is 3.81. The van der Waals surface area contributed by atoms with Gasteiger partial charge in [-0.15, -0.1) is 0 Å². The van der Waals surface area contributed by atoms with Crippen LogP contribution < -0.4 is 16.0 Å². The van der Waals surface area contributed by atoms with Crippen LogP contribution in [0.1, 0.15) is 28.0 Å². The standard InChI is InChI=1S/C17H20N4O/c1-21-8-2-3-12-9-14(4-5-16(12)21)20-17(22)13-6-7-19-15(10-13)11-18/h4-7,9-10H,2-3,8,11,18H2,1H3,(H,20,22). The Labute approximate surface area is 130 Å². The van der Waals surface area contributed by atoms with Crippen molar-refractivity contribution in [2.75, 3.05) is 23.8 Å². The lowest BCUT2D eigenvalue weighted by Crippen LogP contribution is -2.24. The van der Waals surface area contributed by atoms with Crippen molar-refractivity contribution in [1.82, 2.24) is 4.98 Å². The molecule has 3 rings (SSSR count). The number of carbonyl (C=O) groups excluding carboxylic acids is 1. The van der Waals surface area contributed by atoms with E-state index >= 15 is 0 Å². The minimum absolute atomic E-state index is 0.138. The molecule has 0 atom stereocenters. The molecule has 0 saturated carbocycles. The van der Waals surface area contributed by atoms with Gasteiger partial charge in [0.2, 0.25) is 0 Å². The Morgan fingerprint density at radius 1 is 1.36 bits per heavy atom. The van der Waals surface area contributed by atoms with Crippen molar-refractivity contribution in [2.45, 2.75) is 19.4 Å². The maximum Gasteiger partial charge on any atom is 0.255 e. The average Bonchev–Trinajstić information content (AvgIpc) is 2.55. The highest BCUT2D eigenvalue weighted by Gasteiger charge is 2.14. The van der Waals surface area contributed by atoms with E-state index in [1.807, 2.05) is 6.07 Å². The number of hydrogen-bond donors (Lipinski definition) is 2. The van der Waals surface area contributed by atoms with Crippen LogP contribution >= 0.6 is 0 Å². The second-order valence-electron chi connectivity index (χ2n) is 5.56.